The maximum Gasteiger partial charge on any atom is 0.417 e. The molecule has 0 unspecified atom stereocenters. The topological polar surface area (TPSA) is 79.0 Å². The largest absolute Gasteiger partial charge is 0.439 e. The summed E-state index contributed by atoms with van der Waals surface area (Å²) in [5.74, 6) is -0.587. The van der Waals surface area contributed by atoms with Crippen LogP contribution in [-0.2, 0) is 16.1 Å². The standard InChI is InChI=1S/C15H16FN3O4/c16-12-3-1-10(2-4-12)5-17-14(21)18-6-11(7-18)8-19-13(20)9-23-15(19)22/h1-4,11H,5-9H2,(H,17,21). The van der Waals surface area contributed by atoms with E-state index >= 15 is 0 Å². The first kappa shape index (κ1) is 15.3. The summed E-state index contributed by atoms with van der Waals surface area (Å²) in [4.78, 5) is 37.4. The molecule has 1 N–H and O–H groups in total. The Morgan fingerprint density at radius 3 is 2.57 bits per heavy atom. The van der Waals surface area contributed by atoms with Crippen LogP contribution in [0.15, 0.2) is 24.3 Å². The number of ether oxygens (including phenoxy) is 1. The van der Waals surface area contributed by atoms with Gasteiger partial charge in [-0.25, -0.2) is 18.9 Å². The van der Waals surface area contributed by atoms with Crippen LogP contribution < -0.4 is 5.32 Å². The summed E-state index contributed by atoms with van der Waals surface area (Å²) in [6.45, 7) is 1.35. The molecule has 0 saturated carbocycles. The number of carbonyl (C=O) groups is 3. The second kappa shape index (κ2) is 6.23. The molecule has 1 aromatic rings. The van der Waals surface area contributed by atoms with Crippen molar-refractivity contribution in [3.05, 3.63) is 35.6 Å². The second-order valence-corrected chi connectivity index (χ2v) is 5.62. The molecule has 1 aromatic carbocycles. The van der Waals surface area contributed by atoms with E-state index in [0.717, 1.165) is 10.5 Å². The van der Waals surface area contributed by atoms with E-state index < -0.39 is 6.09 Å². The highest BCUT2D eigenvalue weighted by Crippen LogP contribution is 2.19. The first-order valence-electron chi connectivity index (χ1n) is 7.27. The molecule has 3 rings (SSSR count). The molecule has 2 aliphatic rings. The first-order valence-corrected chi connectivity index (χ1v) is 7.27. The van der Waals surface area contributed by atoms with E-state index in [2.05, 4.69) is 10.1 Å². The third-order valence-electron chi connectivity index (χ3n) is 3.88. The van der Waals surface area contributed by atoms with Gasteiger partial charge in [-0.1, -0.05) is 12.1 Å². The van der Waals surface area contributed by atoms with Gasteiger partial charge in [0.05, 0.1) is 0 Å². The summed E-state index contributed by atoms with van der Waals surface area (Å²) >= 11 is 0. The monoisotopic (exact) mass is 321 g/mol. The SMILES string of the molecule is O=C(NCc1ccc(F)cc1)N1CC(CN2C(=O)COC2=O)C1. The van der Waals surface area contributed by atoms with Crippen LogP contribution >= 0.6 is 0 Å². The number of hydrogen-bond acceptors (Lipinski definition) is 4. The van der Waals surface area contributed by atoms with E-state index in [9.17, 15) is 18.8 Å². The molecule has 0 atom stereocenters. The van der Waals surface area contributed by atoms with E-state index in [1.807, 2.05) is 0 Å². The van der Waals surface area contributed by atoms with Crippen LogP contribution in [0.3, 0.4) is 0 Å². The summed E-state index contributed by atoms with van der Waals surface area (Å²) < 4.78 is 17.4. The maximum atomic E-state index is 12.8. The minimum atomic E-state index is -0.616. The highest BCUT2D eigenvalue weighted by atomic mass is 19.1. The lowest BCUT2D eigenvalue weighted by atomic mass is 10.0. The average Bonchev–Trinajstić information content (AvgIpc) is 2.81. The maximum absolute atomic E-state index is 12.8. The minimum absolute atomic E-state index is 0.0705. The summed E-state index contributed by atoms with van der Waals surface area (Å²) in [7, 11) is 0. The average molecular weight is 321 g/mol. The van der Waals surface area contributed by atoms with Crippen molar-refractivity contribution < 1.29 is 23.5 Å². The van der Waals surface area contributed by atoms with Crippen LogP contribution in [0.2, 0.25) is 0 Å². The Labute approximate surface area is 132 Å². The van der Waals surface area contributed by atoms with Gasteiger partial charge in [0.25, 0.3) is 5.91 Å². The van der Waals surface area contributed by atoms with Crippen LogP contribution in [0.25, 0.3) is 0 Å². The quantitative estimate of drug-likeness (QED) is 0.895. The number of imide groups is 1. The molecular weight excluding hydrogens is 305 g/mol. The zero-order chi connectivity index (χ0) is 16.4. The molecule has 4 amide bonds. The fraction of sp³-hybridized carbons (Fsp3) is 0.400. The molecule has 7 nitrogen and oxygen atoms in total. The fourth-order valence-electron chi connectivity index (χ4n) is 2.56. The molecule has 0 spiro atoms. The number of likely N-dealkylation sites (tertiary alicyclic amines) is 1. The molecule has 2 aliphatic heterocycles. The zero-order valence-corrected chi connectivity index (χ0v) is 12.3. The van der Waals surface area contributed by atoms with E-state index in [4.69, 9.17) is 0 Å². The van der Waals surface area contributed by atoms with Crippen LogP contribution in [0.5, 0.6) is 0 Å². The Morgan fingerprint density at radius 1 is 1.26 bits per heavy atom. The summed E-state index contributed by atoms with van der Waals surface area (Å²) in [6.07, 6.45) is -0.616. The molecule has 2 heterocycles. The minimum Gasteiger partial charge on any atom is -0.439 e. The number of carbonyl (C=O) groups excluding carboxylic acids is 3. The molecule has 0 aromatic heterocycles. The number of hydrogen-bond donors (Lipinski definition) is 1. The Balaban J connectivity index is 1.40. The van der Waals surface area contributed by atoms with Crippen molar-refractivity contribution >= 4 is 18.0 Å². The number of halogens is 1. The van der Waals surface area contributed by atoms with Gasteiger partial charge in [0, 0.05) is 32.1 Å². The highest BCUT2D eigenvalue weighted by Gasteiger charge is 2.38. The molecule has 23 heavy (non-hydrogen) atoms. The van der Waals surface area contributed by atoms with Crippen molar-refractivity contribution in [2.24, 2.45) is 5.92 Å². The molecule has 0 radical (unpaired) electrons. The van der Waals surface area contributed by atoms with E-state index in [1.165, 1.54) is 12.1 Å². The van der Waals surface area contributed by atoms with Crippen molar-refractivity contribution in [3.63, 3.8) is 0 Å². The van der Waals surface area contributed by atoms with Crippen LogP contribution in [-0.4, -0.2) is 54.1 Å². The third-order valence-corrected chi connectivity index (χ3v) is 3.88. The van der Waals surface area contributed by atoms with Crippen molar-refractivity contribution in [1.29, 1.82) is 0 Å². The van der Waals surface area contributed by atoms with E-state index in [-0.39, 0.29) is 36.8 Å². The van der Waals surface area contributed by atoms with Gasteiger partial charge >= 0.3 is 12.1 Å². The van der Waals surface area contributed by atoms with Crippen LogP contribution in [0.4, 0.5) is 14.0 Å². The van der Waals surface area contributed by atoms with Crippen molar-refractivity contribution in [1.82, 2.24) is 15.1 Å². The summed E-state index contributed by atoms with van der Waals surface area (Å²) in [5, 5.41) is 2.74. The zero-order valence-electron chi connectivity index (χ0n) is 12.3. The Kier molecular flexibility index (Phi) is 4.14. The second-order valence-electron chi connectivity index (χ2n) is 5.62. The van der Waals surface area contributed by atoms with Gasteiger partial charge in [-0.3, -0.25) is 4.79 Å². The van der Waals surface area contributed by atoms with Crippen molar-refractivity contribution in [2.75, 3.05) is 26.2 Å². The van der Waals surface area contributed by atoms with Crippen LogP contribution in [0.1, 0.15) is 5.56 Å². The first-order chi connectivity index (χ1) is 11.0. The number of benzene rings is 1. The smallest absolute Gasteiger partial charge is 0.417 e. The Bertz CT molecular complexity index is 612. The van der Waals surface area contributed by atoms with Gasteiger partial charge in [-0.2, -0.15) is 0 Å². The molecule has 122 valence electrons. The normalized spacial score (nSPS) is 18.0. The summed E-state index contributed by atoms with van der Waals surface area (Å²) in [5.41, 5.74) is 0.808. The van der Waals surface area contributed by atoms with Gasteiger partial charge in [-0.15, -0.1) is 0 Å². The lowest BCUT2D eigenvalue weighted by Gasteiger charge is -2.40. The van der Waals surface area contributed by atoms with E-state index in [1.54, 1.807) is 17.0 Å². The predicted molar refractivity (Wildman–Crippen MR) is 76.8 cm³/mol. The van der Waals surface area contributed by atoms with Crippen molar-refractivity contribution in [3.8, 4) is 0 Å². The lowest BCUT2D eigenvalue weighted by molar-refractivity contribution is -0.126. The Hall–Kier alpha value is -2.64. The van der Waals surface area contributed by atoms with Crippen molar-refractivity contribution in [2.45, 2.75) is 6.54 Å². The van der Waals surface area contributed by atoms with Gasteiger partial charge in [-0.05, 0) is 17.7 Å². The van der Waals surface area contributed by atoms with Gasteiger partial charge in [0.1, 0.15) is 5.82 Å². The predicted octanol–water partition coefficient (Wildman–Crippen LogP) is 0.946. The van der Waals surface area contributed by atoms with E-state index in [0.29, 0.717) is 19.6 Å². The molecule has 2 saturated heterocycles. The number of amides is 4. The lowest BCUT2D eigenvalue weighted by Crippen LogP contribution is -2.57. The number of cyclic esters (lactones) is 1. The number of nitrogens with zero attached hydrogens (tertiary/aromatic N) is 2. The third kappa shape index (κ3) is 3.41. The van der Waals surface area contributed by atoms with Gasteiger partial charge < -0.3 is 15.0 Å². The molecule has 0 bridgehead atoms. The molecule has 8 heteroatoms. The summed E-state index contributed by atoms with van der Waals surface area (Å²) in [6, 6.07) is 5.68. The number of urea groups is 1. The highest BCUT2D eigenvalue weighted by molar-refractivity contribution is 5.97. The van der Waals surface area contributed by atoms with Gasteiger partial charge in [0.2, 0.25) is 0 Å². The van der Waals surface area contributed by atoms with Gasteiger partial charge in [0.15, 0.2) is 6.61 Å². The van der Waals surface area contributed by atoms with Crippen LogP contribution in [0, 0.1) is 11.7 Å². The fourth-order valence-corrected chi connectivity index (χ4v) is 2.56. The molecular formula is C15H16FN3O4. The number of nitrogens with one attached hydrogen (secondary N) is 1. The molecule has 2 fully saturated rings. The molecule has 0 aliphatic carbocycles. The number of rotatable bonds is 4. The Morgan fingerprint density at radius 2 is 1.96 bits per heavy atom.